The van der Waals surface area contributed by atoms with Crippen molar-refractivity contribution in [2.24, 2.45) is 17.4 Å². The molecule has 0 bridgehead atoms. The Bertz CT molecular complexity index is 4480. The summed E-state index contributed by atoms with van der Waals surface area (Å²) < 4.78 is 7.78. The second-order valence-electron chi connectivity index (χ2n) is 28.4. The van der Waals surface area contributed by atoms with E-state index in [1.807, 2.05) is 29.7 Å². The number of ether oxygens (including phenoxy) is 1. The lowest BCUT2D eigenvalue weighted by atomic mass is 9.97. The van der Waals surface area contributed by atoms with Crippen LogP contribution in [0.3, 0.4) is 0 Å². The van der Waals surface area contributed by atoms with Crippen LogP contribution >= 0.6 is 0 Å². The zero-order valence-corrected chi connectivity index (χ0v) is 63.0. The number of phenolic OH excluding ortho intramolecular Hbond substituents is 1. The highest BCUT2D eigenvalue weighted by Crippen LogP contribution is 2.28. The number of para-hydroxylation sites is 1. The van der Waals surface area contributed by atoms with E-state index in [0.717, 1.165) is 11.1 Å². The van der Waals surface area contributed by atoms with Gasteiger partial charge in [0.15, 0.2) is 5.96 Å². The number of likely N-dealkylation sites (tertiary alicyclic amines) is 1. The van der Waals surface area contributed by atoms with Gasteiger partial charge in [-0.1, -0.05) is 68.4 Å². The van der Waals surface area contributed by atoms with Crippen molar-refractivity contribution in [3.8, 4) is 17.9 Å². The lowest BCUT2D eigenvalue weighted by Gasteiger charge is -2.31. The van der Waals surface area contributed by atoms with Gasteiger partial charge in [0.25, 0.3) is 5.91 Å². The standard InChI is InChI=1S/C59H84N18O14.C17H11N5/c1-31(2)22-40(49(82)68-39(12-8-20-64-57(60)61)56(89)77-21-9-13-46(77)55(88)75-76-58(62)90)69-54(87)45(29-91-59(3,4)5)74-50(83)41(23-32-14-16-35(79)17-15-32)70-53(86)44(28-78)73-51(84)42(24-33-26-65-37-11-7-6-10-36(33)37)71-52(85)43(25-34-27-63-30-66-34)72-48(81)38-18-19-47(80)67-38;18-9-13-1-5-15(6-2-13)17(22-12-20-11-21-22)16-7-3-14(10-19)4-8-16/h6-7,10-11,14-17,26-27,30-31,38-46,65,78-79H,8-9,12-13,18-25,28-29H2,1-5H3,(H,63,66)(H,67,80)(H,68,82)(H,69,87)(H,70,86)(H,71,85)(H,72,81)(H,73,84)(H,74,83)(H,75,88)(H4,60,61,64)(H3,62,76,90);1-8,11-12,17H/t38-,39-,40-,41-,42-,43-,44-,45+,46-;/m0./s1. The Morgan fingerprint density at radius 2 is 1.28 bits per heavy atom. The molecule has 113 heavy (non-hydrogen) atoms. The largest absolute Gasteiger partial charge is 0.508 e. The molecule has 20 N–H and O–H groups in total. The van der Waals surface area contributed by atoms with Gasteiger partial charge >= 0.3 is 6.03 Å². The normalized spacial score (nSPS) is 15.6. The second-order valence-corrected chi connectivity index (χ2v) is 28.4. The number of carbonyl (C=O) groups excluding carboxylic acids is 11. The first-order valence-corrected chi connectivity index (χ1v) is 36.5. The molecular formula is C76H95N23O14. The van der Waals surface area contributed by atoms with Gasteiger partial charge in [0.2, 0.25) is 53.2 Å². The number of rotatable bonds is 34. The summed E-state index contributed by atoms with van der Waals surface area (Å²) in [5.74, 6) is -8.74. The van der Waals surface area contributed by atoms with Gasteiger partial charge in [-0.3, -0.25) is 58.8 Å². The predicted molar refractivity (Wildman–Crippen MR) is 407 cm³/mol. The van der Waals surface area contributed by atoms with E-state index in [0.29, 0.717) is 45.3 Å². The fourth-order valence-electron chi connectivity index (χ4n) is 12.6. The molecule has 4 aromatic carbocycles. The molecule has 0 saturated carbocycles. The SMILES string of the molecule is CC(C)C[C@H](NC(=O)[C@@H](COC(C)(C)C)NC(=O)[C@H](Cc1ccc(O)cc1)NC(=O)[C@H](CO)NC(=O)[C@H](Cc1c[nH]c2ccccc12)NC(=O)[C@H](Cc1c[nH]cn1)NC(=O)[C@@H]1CCC(=O)N1)C(=O)N[C@@H](CCCNC(=N)N)C(=O)N1CCC[C@H]1C(=O)NNC(N)=O.N#Cc1ccc(C(c2ccc(C#N)cc2)n2cncn2)cc1. The molecule has 0 aliphatic carbocycles. The molecule has 37 heteroatoms. The van der Waals surface area contributed by atoms with Crippen LogP contribution in [-0.4, -0.2) is 202 Å². The third-order valence-electron chi connectivity index (χ3n) is 18.3. The van der Waals surface area contributed by atoms with Crippen molar-refractivity contribution in [3.05, 3.63) is 168 Å². The summed E-state index contributed by atoms with van der Waals surface area (Å²) in [6.45, 7) is 7.33. The van der Waals surface area contributed by atoms with Crippen molar-refractivity contribution in [2.45, 2.75) is 165 Å². The molecule has 37 nitrogen and oxygen atoms in total. The molecule has 0 radical (unpaired) electrons. The number of nitrogens with zero attached hydrogens (tertiary/aromatic N) is 7. The molecule has 0 unspecified atom stereocenters. The third-order valence-corrected chi connectivity index (χ3v) is 18.3. The summed E-state index contributed by atoms with van der Waals surface area (Å²) in [5, 5.41) is 75.0. The van der Waals surface area contributed by atoms with Crippen LogP contribution in [0.4, 0.5) is 4.79 Å². The van der Waals surface area contributed by atoms with Gasteiger partial charge in [0.1, 0.15) is 78.8 Å². The number of amides is 12. The lowest BCUT2D eigenvalue weighted by Crippen LogP contribution is -2.62. The number of guanidine groups is 1. The predicted octanol–water partition coefficient (Wildman–Crippen LogP) is -0.237. The fourth-order valence-corrected chi connectivity index (χ4v) is 12.6. The number of aliphatic hydroxyl groups excluding tert-OH is 1. The highest BCUT2D eigenvalue weighted by Gasteiger charge is 2.41. The summed E-state index contributed by atoms with van der Waals surface area (Å²) in [7, 11) is 0. The number of fused-ring (bicyclic) bond motifs is 1. The Morgan fingerprint density at radius 3 is 1.85 bits per heavy atom. The van der Waals surface area contributed by atoms with E-state index in [-0.39, 0.29) is 100 Å². The number of hydrogen-bond donors (Lipinski definition) is 18. The van der Waals surface area contributed by atoms with Gasteiger partial charge in [-0.25, -0.2) is 24.9 Å². The van der Waals surface area contributed by atoms with Crippen molar-refractivity contribution in [1.29, 1.82) is 15.9 Å². The van der Waals surface area contributed by atoms with Crippen molar-refractivity contribution in [1.82, 2.24) is 93.3 Å². The van der Waals surface area contributed by atoms with Crippen molar-refractivity contribution >= 4 is 82.0 Å². The zero-order valence-electron chi connectivity index (χ0n) is 63.0. The minimum atomic E-state index is -1.80. The quantitative estimate of drug-likeness (QED) is 0.0107. The number of H-pyrrole nitrogens is 2. The Morgan fingerprint density at radius 1 is 0.699 bits per heavy atom. The average molecular weight is 1550 g/mol. The molecule has 2 saturated heterocycles. The van der Waals surface area contributed by atoms with E-state index in [2.05, 4.69) is 90.4 Å². The number of aromatic amines is 2. The molecule has 12 amide bonds. The van der Waals surface area contributed by atoms with Crippen LogP contribution in [0.2, 0.25) is 0 Å². The van der Waals surface area contributed by atoms with Gasteiger partial charge in [0.05, 0.1) is 54.1 Å². The van der Waals surface area contributed by atoms with Crippen molar-refractivity contribution < 1.29 is 67.7 Å². The molecule has 2 aliphatic rings. The number of urea groups is 1. The number of phenols is 1. The van der Waals surface area contributed by atoms with Crippen LogP contribution in [0, 0.1) is 34.0 Å². The molecule has 5 heterocycles. The van der Waals surface area contributed by atoms with Gasteiger partial charge in [0, 0.05) is 62.1 Å². The minimum Gasteiger partial charge on any atom is -0.508 e. The molecule has 9 atom stereocenters. The van der Waals surface area contributed by atoms with Crippen LogP contribution in [0.5, 0.6) is 5.75 Å². The van der Waals surface area contributed by atoms with E-state index < -0.39 is 132 Å². The molecule has 2 aliphatic heterocycles. The van der Waals surface area contributed by atoms with Crippen LogP contribution in [0.1, 0.15) is 125 Å². The summed E-state index contributed by atoms with van der Waals surface area (Å²) in [4.78, 5) is 167. The van der Waals surface area contributed by atoms with Gasteiger partial charge in [-0.2, -0.15) is 15.6 Å². The van der Waals surface area contributed by atoms with E-state index >= 15 is 0 Å². The van der Waals surface area contributed by atoms with Crippen LogP contribution in [-0.2, 0) is 71.9 Å². The van der Waals surface area contributed by atoms with Crippen LogP contribution in [0.15, 0.2) is 128 Å². The number of aliphatic hydroxyl groups is 1. The number of benzene rings is 4. The molecule has 0 spiro atoms. The number of nitrogens with one attached hydrogen (secondary N) is 14. The Labute approximate surface area is 650 Å². The first-order valence-electron chi connectivity index (χ1n) is 36.5. The summed E-state index contributed by atoms with van der Waals surface area (Å²) >= 11 is 0. The lowest BCUT2D eigenvalue weighted by molar-refractivity contribution is -0.142. The molecular weight excluding hydrogens is 1460 g/mol. The minimum absolute atomic E-state index is 0.00232. The van der Waals surface area contributed by atoms with Gasteiger partial charge < -0.3 is 89.1 Å². The van der Waals surface area contributed by atoms with E-state index in [1.165, 1.54) is 48.0 Å². The number of aromatic hydroxyl groups is 1. The monoisotopic (exact) mass is 1550 g/mol. The van der Waals surface area contributed by atoms with Gasteiger partial charge in [-0.05, 0) is 130 Å². The Kier molecular flexibility index (Phi) is 30.9. The maximum Gasteiger partial charge on any atom is 0.330 e. The average Bonchev–Trinajstić information content (AvgIpc) is 1.70. The summed E-state index contributed by atoms with van der Waals surface area (Å²) in [6.07, 6.45) is 8.09. The van der Waals surface area contributed by atoms with Crippen LogP contribution < -0.4 is 70.2 Å². The molecule has 7 aromatic rings. The molecule has 598 valence electrons. The third kappa shape index (κ3) is 25.7. The summed E-state index contributed by atoms with van der Waals surface area (Å²) in [5.41, 5.74) is 19.1. The number of carbonyl (C=O) groups is 11. The highest BCUT2D eigenvalue weighted by atomic mass is 16.5. The first-order chi connectivity index (χ1) is 54.0. The number of aromatic nitrogens is 6. The Hall–Kier alpha value is -13.3. The van der Waals surface area contributed by atoms with E-state index in [9.17, 15) is 63.0 Å². The van der Waals surface area contributed by atoms with Crippen LogP contribution in [0.25, 0.3) is 10.9 Å². The second kappa shape index (κ2) is 40.9. The fraction of sp³-hybridized carbons (Fsp3) is 0.408. The van der Waals surface area contributed by atoms with Crippen molar-refractivity contribution in [3.63, 3.8) is 0 Å². The zero-order chi connectivity index (χ0) is 81.9. The van der Waals surface area contributed by atoms with Crippen molar-refractivity contribution in [2.75, 3.05) is 26.3 Å². The topological polar surface area (TPSA) is 572 Å². The number of imidazole rings is 1. The molecule has 9 rings (SSSR count). The number of primary amides is 1. The molecule has 2 fully saturated rings. The van der Waals surface area contributed by atoms with Gasteiger partial charge in [-0.15, -0.1) is 0 Å². The Balaban J connectivity index is 0.000000617. The first kappa shape index (κ1) is 85.3. The smallest absolute Gasteiger partial charge is 0.330 e. The number of nitriles is 2. The number of nitrogens with two attached hydrogens (primary N) is 2. The van der Waals surface area contributed by atoms with E-state index in [1.54, 1.807) is 100 Å². The highest BCUT2D eigenvalue weighted by molar-refractivity contribution is 6.00. The maximum atomic E-state index is 14.8. The number of hydrogen-bond acceptors (Lipinski definition) is 20. The maximum absolute atomic E-state index is 14.8. The molecule has 3 aromatic heterocycles. The number of hydrazine groups is 1. The van der Waals surface area contributed by atoms with E-state index in [4.69, 9.17) is 32.1 Å². The summed E-state index contributed by atoms with van der Waals surface area (Å²) in [6, 6.07) is 18.1.